The van der Waals surface area contributed by atoms with Crippen molar-refractivity contribution in [2.45, 2.75) is 44.6 Å². The van der Waals surface area contributed by atoms with Crippen molar-refractivity contribution < 1.29 is 9.53 Å². The normalized spacial score (nSPS) is 24.6. The first-order valence-electron chi connectivity index (χ1n) is 6.63. The monoisotopic (exact) mass is 244 g/mol. The van der Waals surface area contributed by atoms with Crippen molar-refractivity contribution in [2.24, 2.45) is 0 Å². The molecule has 0 aliphatic heterocycles. The molecule has 0 N–H and O–H groups in total. The summed E-state index contributed by atoms with van der Waals surface area (Å²) in [5.41, 5.74) is 1.99. The number of ether oxygens (including phenoxy) is 1. The third kappa shape index (κ3) is 3.22. The summed E-state index contributed by atoms with van der Waals surface area (Å²) in [6.07, 6.45) is 7.36. The lowest BCUT2D eigenvalue weighted by Gasteiger charge is -2.31. The molecule has 0 heterocycles. The summed E-state index contributed by atoms with van der Waals surface area (Å²) in [6, 6.07) is 10.5. The molecule has 0 amide bonds. The van der Waals surface area contributed by atoms with Crippen LogP contribution in [0.1, 0.15) is 44.1 Å². The Morgan fingerprint density at radius 1 is 1.22 bits per heavy atom. The average Bonchev–Trinajstić information content (AvgIpc) is 2.46. The van der Waals surface area contributed by atoms with E-state index < -0.39 is 0 Å². The van der Waals surface area contributed by atoms with Gasteiger partial charge in [0.1, 0.15) is 12.4 Å². The molecule has 0 aromatic heterocycles. The first-order chi connectivity index (χ1) is 8.81. The summed E-state index contributed by atoms with van der Waals surface area (Å²) in [5.74, 6) is 0.454. The van der Waals surface area contributed by atoms with Crippen LogP contribution in [0.25, 0.3) is 0 Å². The lowest BCUT2D eigenvalue weighted by molar-refractivity contribution is -0.105. The summed E-state index contributed by atoms with van der Waals surface area (Å²) in [7, 11) is 0. The van der Waals surface area contributed by atoms with Crippen LogP contribution in [-0.2, 0) is 9.53 Å². The van der Waals surface area contributed by atoms with E-state index in [1.54, 1.807) is 13.2 Å². The maximum Gasteiger partial charge on any atom is 0.148 e. The number of rotatable bonds is 4. The van der Waals surface area contributed by atoms with Crippen LogP contribution in [0.2, 0.25) is 0 Å². The molecule has 1 aliphatic carbocycles. The fourth-order valence-electron chi connectivity index (χ4n) is 2.56. The predicted molar refractivity (Wildman–Crippen MR) is 72.3 cm³/mol. The maximum atomic E-state index is 10.6. The molecule has 1 aliphatic rings. The van der Waals surface area contributed by atoms with Gasteiger partial charge in [0.15, 0.2) is 0 Å². The number of benzene rings is 1. The van der Waals surface area contributed by atoms with Crippen molar-refractivity contribution in [1.82, 2.24) is 0 Å². The maximum absolute atomic E-state index is 10.6. The van der Waals surface area contributed by atoms with Crippen molar-refractivity contribution in [2.75, 3.05) is 0 Å². The second kappa shape index (κ2) is 6.39. The summed E-state index contributed by atoms with van der Waals surface area (Å²) in [4.78, 5) is 10.6. The van der Waals surface area contributed by atoms with Crippen molar-refractivity contribution >= 4 is 6.29 Å². The zero-order valence-corrected chi connectivity index (χ0v) is 10.8. The molecule has 96 valence electrons. The van der Waals surface area contributed by atoms with Crippen LogP contribution in [-0.4, -0.2) is 12.4 Å². The third-order valence-electron chi connectivity index (χ3n) is 3.54. The summed E-state index contributed by atoms with van der Waals surface area (Å²) in [6.45, 7) is 1.77. The van der Waals surface area contributed by atoms with E-state index in [1.807, 2.05) is 6.07 Å². The van der Waals surface area contributed by atoms with E-state index in [1.165, 1.54) is 24.8 Å². The van der Waals surface area contributed by atoms with Crippen LogP contribution in [0.5, 0.6) is 0 Å². The first kappa shape index (κ1) is 12.9. The van der Waals surface area contributed by atoms with Crippen LogP contribution >= 0.6 is 0 Å². The Kier molecular flexibility index (Phi) is 4.57. The molecular weight excluding hydrogens is 224 g/mol. The second-order valence-electron chi connectivity index (χ2n) is 4.96. The summed E-state index contributed by atoms with van der Waals surface area (Å²) >= 11 is 0. The van der Waals surface area contributed by atoms with Gasteiger partial charge in [-0.1, -0.05) is 36.8 Å². The van der Waals surface area contributed by atoms with E-state index in [4.69, 9.17) is 4.74 Å². The largest absolute Gasteiger partial charge is 0.497 e. The first-order valence-corrected chi connectivity index (χ1v) is 6.63. The van der Waals surface area contributed by atoms with E-state index >= 15 is 0 Å². The molecule has 2 nitrogen and oxygen atoms in total. The van der Waals surface area contributed by atoms with Gasteiger partial charge in [-0.3, -0.25) is 4.79 Å². The number of hydrogen-bond acceptors (Lipinski definition) is 2. The molecule has 1 fully saturated rings. The van der Waals surface area contributed by atoms with Gasteiger partial charge in [0.05, 0.1) is 6.26 Å². The molecular formula is C16H20O2. The van der Waals surface area contributed by atoms with Gasteiger partial charge >= 0.3 is 0 Å². The Hall–Kier alpha value is -1.57. The number of allylic oxidation sites excluding steroid dienone is 1. The molecule has 1 saturated carbocycles. The van der Waals surface area contributed by atoms with Crippen molar-refractivity contribution in [1.29, 1.82) is 0 Å². The van der Waals surface area contributed by atoms with Gasteiger partial charge in [0.25, 0.3) is 0 Å². The van der Waals surface area contributed by atoms with Gasteiger partial charge in [0, 0.05) is 11.5 Å². The fourth-order valence-corrected chi connectivity index (χ4v) is 2.56. The van der Waals surface area contributed by atoms with Crippen LogP contribution in [0.4, 0.5) is 0 Å². The highest BCUT2D eigenvalue weighted by Crippen LogP contribution is 2.35. The van der Waals surface area contributed by atoms with E-state index in [0.717, 1.165) is 12.7 Å². The van der Waals surface area contributed by atoms with Crippen LogP contribution in [0, 0.1) is 0 Å². The Balaban J connectivity index is 2.09. The zero-order chi connectivity index (χ0) is 12.8. The average molecular weight is 244 g/mol. The molecule has 0 spiro atoms. The fraction of sp³-hybridized carbons (Fsp3) is 0.438. The van der Waals surface area contributed by atoms with Gasteiger partial charge < -0.3 is 4.74 Å². The van der Waals surface area contributed by atoms with Crippen molar-refractivity contribution in [3.8, 4) is 0 Å². The number of carbonyl (C=O) groups is 1. The molecule has 2 heteroatoms. The third-order valence-corrected chi connectivity index (χ3v) is 3.54. The lowest BCUT2D eigenvalue weighted by Crippen LogP contribution is -2.24. The molecule has 1 aromatic rings. The van der Waals surface area contributed by atoms with Gasteiger partial charge in [-0.25, -0.2) is 0 Å². The predicted octanol–water partition coefficient (Wildman–Crippen LogP) is 3.83. The van der Waals surface area contributed by atoms with E-state index in [2.05, 4.69) is 24.3 Å². The van der Waals surface area contributed by atoms with Gasteiger partial charge in [-0.2, -0.15) is 0 Å². The minimum atomic E-state index is 0.205. The molecule has 18 heavy (non-hydrogen) atoms. The van der Waals surface area contributed by atoms with Crippen molar-refractivity contribution in [3.05, 3.63) is 47.7 Å². The number of carbonyl (C=O) groups excluding carboxylic acids is 1. The van der Waals surface area contributed by atoms with Gasteiger partial charge in [-0.05, 0) is 31.7 Å². The number of aldehydes is 1. The van der Waals surface area contributed by atoms with Crippen LogP contribution in [0.15, 0.2) is 42.2 Å². The Morgan fingerprint density at radius 3 is 2.67 bits per heavy atom. The molecule has 1 aromatic carbocycles. The van der Waals surface area contributed by atoms with E-state index in [9.17, 15) is 4.79 Å². The molecule has 0 unspecified atom stereocenters. The highest BCUT2D eigenvalue weighted by molar-refractivity contribution is 5.71. The molecule has 2 rings (SSSR count). The van der Waals surface area contributed by atoms with E-state index in [0.29, 0.717) is 11.5 Å². The molecule has 0 radical (unpaired) electrons. The van der Waals surface area contributed by atoms with Crippen LogP contribution < -0.4 is 0 Å². The SMILES string of the molecule is C/C(C=O)=C\O[C@H]1CCCC[C@@H]1c1ccccc1. The minimum Gasteiger partial charge on any atom is -0.497 e. The van der Waals surface area contributed by atoms with E-state index in [-0.39, 0.29) is 6.10 Å². The highest BCUT2D eigenvalue weighted by atomic mass is 16.5. The van der Waals surface area contributed by atoms with Crippen molar-refractivity contribution in [3.63, 3.8) is 0 Å². The standard InChI is InChI=1S/C16H20O2/c1-13(11-17)12-18-16-10-6-5-9-15(16)14-7-3-2-4-8-14/h2-4,7-8,11-12,15-16H,5-6,9-10H2,1H3/b13-12+/t15-,16+/m1/s1. The summed E-state index contributed by atoms with van der Waals surface area (Å²) < 4.78 is 5.81. The molecule has 0 saturated heterocycles. The highest BCUT2D eigenvalue weighted by Gasteiger charge is 2.27. The lowest BCUT2D eigenvalue weighted by atomic mass is 9.81. The Morgan fingerprint density at radius 2 is 1.94 bits per heavy atom. The van der Waals surface area contributed by atoms with Gasteiger partial charge in [0.2, 0.25) is 0 Å². The second-order valence-corrected chi connectivity index (χ2v) is 4.96. The Bertz CT molecular complexity index is 408. The van der Waals surface area contributed by atoms with Gasteiger partial charge in [-0.15, -0.1) is 0 Å². The van der Waals surface area contributed by atoms with Crippen LogP contribution in [0.3, 0.4) is 0 Å². The molecule has 0 bridgehead atoms. The topological polar surface area (TPSA) is 26.3 Å². The number of hydrogen-bond donors (Lipinski definition) is 0. The molecule has 2 atom stereocenters. The zero-order valence-electron chi connectivity index (χ0n) is 10.8. The smallest absolute Gasteiger partial charge is 0.148 e. The quantitative estimate of drug-likeness (QED) is 0.457. The summed E-state index contributed by atoms with van der Waals surface area (Å²) in [5, 5.41) is 0. The Labute approximate surface area is 109 Å². The minimum absolute atomic E-state index is 0.205.